The molecule has 2 aliphatic rings. The monoisotopic (exact) mass is 399 g/mol. The number of rotatable bonds is 2. The Morgan fingerprint density at radius 3 is 1.93 bits per heavy atom. The summed E-state index contributed by atoms with van der Waals surface area (Å²) < 4.78 is 12.1. The van der Waals surface area contributed by atoms with Crippen LogP contribution in [0.25, 0.3) is 0 Å². The van der Waals surface area contributed by atoms with Gasteiger partial charge in [-0.1, -0.05) is 45.9 Å². The second kappa shape index (κ2) is 6.53. The Morgan fingerprint density at radius 2 is 1.27 bits per heavy atom. The van der Waals surface area contributed by atoms with E-state index < -0.39 is 0 Å². The summed E-state index contributed by atoms with van der Waals surface area (Å²) in [6.07, 6.45) is 2.43. The zero-order valence-electron chi connectivity index (χ0n) is 18.4. The van der Waals surface area contributed by atoms with Gasteiger partial charge in [0.15, 0.2) is 23.0 Å². The van der Waals surface area contributed by atoms with Gasteiger partial charge in [0, 0.05) is 17.4 Å². The third-order valence-electron chi connectivity index (χ3n) is 6.71. The van der Waals surface area contributed by atoms with Crippen molar-refractivity contribution in [2.75, 3.05) is 5.32 Å². The van der Waals surface area contributed by atoms with E-state index in [1.165, 1.54) is 29.5 Å². The first-order valence-electron chi connectivity index (χ1n) is 10.7. The molecule has 3 nitrogen and oxygen atoms in total. The molecule has 0 spiro atoms. The molecule has 0 bridgehead atoms. The molecule has 3 aromatic carbocycles. The van der Waals surface area contributed by atoms with Crippen LogP contribution in [0.2, 0.25) is 0 Å². The van der Waals surface area contributed by atoms with Crippen LogP contribution in [0, 0.1) is 6.92 Å². The molecule has 1 aliphatic carbocycles. The fourth-order valence-corrected chi connectivity index (χ4v) is 4.62. The highest BCUT2D eigenvalue weighted by molar-refractivity contribution is 5.69. The van der Waals surface area contributed by atoms with Crippen LogP contribution in [0.1, 0.15) is 57.2 Å². The van der Waals surface area contributed by atoms with Crippen LogP contribution >= 0.6 is 0 Å². The lowest BCUT2D eigenvalue weighted by atomic mass is 9.63. The number of aryl methyl sites for hydroxylation is 1. The van der Waals surface area contributed by atoms with Crippen LogP contribution in [0.3, 0.4) is 0 Å². The molecule has 3 aromatic rings. The number of fused-ring (bicyclic) bond motifs is 3. The fraction of sp³-hybridized carbons (Fsp3) is 0.333. The van der Waals surface area contributed by atoms with Gasteiger partial charge < -0.3 is 14.8 Å². The maximum atomic E-state index is 6.07. The highest BCUT2D eigenvalue weighted by Crippen LogP contribution is 2.48. The zero-order chi connectivity index (χ0) is 21.1. The van der Waals surface area contributed by atoms with E-state index in [0.717, 1.165) is 34.4 Å². The molecule has 1 heterocycles. The lowest BCUT2D eigenvalue weighted by Gasteiger charge is -2.42. The van der Waals surface area contributed by atoms with E-state index in [2.05, 4.69) is 52.1 Å². The molecule has 0 aromatic heterocycles. The highest BCUT2D eigenvalue weighted by atomic mass is 16.6. The van der Waals surface area contributed by atoms with Crippen molar-refractivity contribution >= 4 is 11.4 Å². The molecule has 0 unspecified atom stereocenters. The number of nitrogens with one attached hydrogen (secondary N) is 1. The Balaban J connectivity index is 1.49. The van der Waals surface area contributed by atoms with Crippen molar-refractivity contribution in [2.45, 2.75) is 58.3 Å². The lowest BCUT2D eigenvalue weighted by Crippen LogP contribution is -2.34. The number of hydrogen-bond acceptors (Lipinski definition) is 3. The average Bonchev–Trinajstić information content (AvgIpc) is 2.71. The average molecular weight is 400 g/mol. The summed E-state index contributed by atoms with van der Waals surface area (Å²) in [5.41, 5.74) is 6.76. The van der Waals surface area contributed by atoms with Crippen molar-refractivity contribution in [3.63, 3.8) is 0 Å². The lowest BCUT2D eigenvalue weighted by molar-refractivity contribution is 0.332. The largest absolute Gasteiger partial charge is 0.450 e. The molecule has 5 rings (SSSR count). The van der Waals surface area contributed by atoms with Gasteiger partial charge >= 0.3 is 0 Å². The molecular weight excluding hydrogens is 370 g/mol. The number of para-hydroxylation sites is 2. The van der Waals surface area contributed by atoms with Crippen LogP contribution in [0.5, 0.6) is 23.0 Å². The van der Waals surface area contributed by atoms with E-state index in [4.69, 9.17) is 9.47 Å². The maximum Gasteiger partial charge on any atom is 0.172 e. The molecule has 0 atom stereocenters. The third kappa shape index (κ3) is 3.13. The number of anilines is 2. The Hall–Kier alpha value is -2.94. The van der Waals surface area contributed by atoms with Crippen LogP contribution < -0.4 is 14.8 Å². The van der Waals surface area contributed by atoms with Crippen molar-refractivity contribution in [3.05, 3.63) is 71.3 Å². The minimum Gasteiger partial charge on any atom is -0.450 e. The van der Waals surface area contributed by atoms with E-state index >= 15 is 0 Å². The maximum absolute atomic E-state index is 6.07. The Bertz CT molecular complexity index is 1140. The molecule has 0 amide bonds. The van der Waals surface area contributed by atoms with Gasteiger partial charge in [0.05, 0.1) is 0 Å². The van der Waals surface area contributed by atoms with Gasteiger partial charge in [-0.3, -0.25) is 0 Å². The van der Waals surface area contributed by atoms with Gasteiger partial charge in [-0.05, 0) is 77.6 Å². The molecule has 3 heteroatoms. The quantitative estimate of drug-likeness (QED) is 0.370. The Labute approximate surface area is 179 Å². The number of ether oxygens (including phenoxy) is 2. The van der Waals surface area contributed by atoms with Crippen LogP contribution in [0.4, 0.5) is 11.4 Å². The second-order valence-corrected chi connectivity index (χ2v) is 9.92. The third-order valence-corrected chi connectivity index (χ3v) is 6.71. The molecule has 1 N–H and O–H groups in total. The van der Waals surface area contributed by atoms with E-state index in [1.54, 1.807) is 0 Å². The first-order valence-corrected chi connectivity index (χ1v) is 10.7. The summed E-state index contributed by atoms with van der Waals surface area (Å²) >= 11 is 0. The van der Waals surface area contributed by atoms with Crippen LogP contribution in [0.15, 0.2) is 54.6 Å². The summed E-state index contributed by atoms with van der Waals surface area (Å²) in [6, 6.07) is 18.5. The molecule has 0 saturated heterocycles. The van der Waals surface area contributed by atoms with E-state index in [0.29, 0.717) is 0 Å². The Morgan fingerprint density at radius 1 is 0.700 bits per heavy atom. The van der Waals surface area contributed by atoms with E-state index in [9.17, 15) is 0 Å². The smallest absolute Gasteiger partial charge is 0.172 e. The zero-order valence-corrected chi connectivity index (χ0v) is 18.4. The van der Waals surface area contributed by atoms with Crippen molar-refractivity contribution < 1.29 is 9.47 Å². The van der Waals surface area contributed by atoms with Gasteiger partial charge in [0.2, 0.25) is 0 Å². The van der Waals surface area contributed by atoms with E-state index in [-0.39, 0.29) is 10.8 Å². The molecule has 0 fully saturated rings. The molecule has 30 heavy (non-hydrogen) atoms. The Kier molecular flexibility index (Phi) is 4.15. The predicted molar refractivity (Wildman–Crippen MR) is 123 cm³/mol. The normalized spacial score (nSPS) is 17.6. The van der Waals surface area contributed by atoms with E-state index in [1.807, 2.05) is 42.5 Å². The minimum atomic E-state index is 0.186. The van der Waals surface area contributed by atoms with Gasteiger partial charge in [-0.2, -0.15) is 0 Å². The van der Waals surface area contributed by atoms with Crippen LogP contribution in [-0.4, -0.2) is 0 Å². The topological polar surface area (TPSA) is 30.5 Å². The van der Waals surface area contributed by atoms with Crippen molar-refractivity contribution in [2.24, 2.45) is 0 Å². The van der Waals surface area contributed by atoms with Gasteiger partial charge in [-0.15, -0.1) is 0 Å². The number of benzene rings is 3. The highest BCUT2D eigenvalue weighted by Gasteiger charge is 2.37. The fourth-order valence-electron chi connectivity index (χ4n) is 4.62. The van der Waals surface area contributed by atoms with Gasteiger partial charge in [0.1, 0.15) is 0 Å². The first-order chi connectivity index (χ1) is 14.2. The molecule has 0 radical (unpaired) electrons. The minimum absolute atomic E-state index is 0.186. The summed E-state index contributed by atoms with van der Waals surface area (Å²) in [5, 5.41) is 3.63. The molecule has 1 aliphatic heterocycles. The SMILES string of the molecule is Cc1cc2c(cc1Nc1ccc3c(c1)Oc1ccccc1O3)C(C)(C)CCC2(C)C. The van der Waals surface area contributed by atoms with Gasteiger partial charge in [0.25, 0.3) is 0 Å². The molecule has 154 valence electrons. The van der Waals surface area contributed by atoms with Gasteiger partial charge in [-0.25, -0.2) is 0 Å². The summed E-state index contributed by atoms with van der Waals surface area (Å²) in [5.74, 6) is 2.97. The summed E-state index contributed by atoms with van der Waals surface area (Å²) in [7, 11) is 0. The second-order valence-electron chi connectivity index (χ2n) is 9.92. The van der Waals surface area contributed by atoms with Crippen LogP contribution in [-0.2, 0) is 10.8 Å². The molecular formula is C27H29NO2. The van der Waals surface area contributed by atoms with Crippen molar-refractivity contribution in [1.29, 1.82) is 0 Å². The summed E-state index contributed by atoms with van der Waals surface area (Å²) in [6.45, 7) is 11.6. The van der Waals surface area contributed by atoms with Crippen molar-refractivity contribution in [3.8, 4) is 23.0 Å². The molecule has 0 saturated carbocycles. The number of hydrogen-bond donors (Lipinski definition) is 1. The standard InChI is InChI=1S/C27H29NO2/c1-17-14-19-20(27(4,5)13-12-26(19,2)3)16-21(17)28-18-10-11-24-25(15-18)30-23-9-7-6-8-22(23)29-24/h6-11,14-16,28H,12-13H2,1-5H3. The predicted octanol–water partition coefficient (Wildman–Crippen LogP) is 7.99. The summed E-state index contributed by atoms with van der Waals surface area (Å²) in [4.78, 5) is 0. The van der Waals surface area contributed by atoms with Crippen molar-refractivity contribution in [1.82, 2.24) is 0 Å². The first kappa shape index (κ1) is 19.0.